The fourth-order valence-electron chi connectivity index (χ4n) is 1.14. The van der Waals surface area contributed by atoms with Crippen molar-refractivity contribution in [1.29, 1.82) is 0 Å². The minimum absolute atomic E-state index is 0.121. The topological polar surface area (TPSA) is 72.5 Å². The molecule has 0 saturated heterocycles. The summed E-state index contributed by atoms with van der Waals surface area (Å²) >= 11 is 5.75. The van der Waals surface area contributed by atoms with Crippen molar-refractivity contribution in [2.75, 3.05) is 0 Å². The van der Waals surface area contributed by atoms with Crippen LogP contribution in [0.3, 0.4) is 0 Å². The van der Waals surface area contributed by atoms with Gasteiger partial charge in [0, 0.05) is 14.5 Å². The lowest BCUT2D eigenvalue weighted by molar-refractivity contribution is 0.628. The summed E-state index contributed by atoms with van der Waals surface area (Å²) in [5.74, 6) is 0. The van der Waals surface area contributed by atoms with Gasteiger partial charge < -0.3 is 5.73 Å². The Labute approximate surface area is 88.5 Å². The summed E-state index contributed by atoms with van der Waals surface area (Å²) in [5, 5.41) is 0.604. The molecule has 1 unspecified atom stereocenters. The van der Waals surface area contributed by atoms with Crippen molar-refractivity contribution < 1.29 is 8.42 Å². The van der Waals surface area contributed by atoms with Crippen LogP contribution in [0.4, 0.5) is 5.69 Å². The Morgan fingerprint density at radius 2 is 2.14 bits per heavy atom. The molecule has 0 spiro atoms. The Bertz CT molecular complexity index is 569. The Morgan fingerprint density at radius 3 is 2.79 bits per heavy atom. The number of fused-ring (bicyclic) bond motifs is 1. The Morgan fingerprint density at radius 1 is 1.43 bits per heavy atom. The first-order valence-electron chi connectivity index (χ1n) is 3.57. The zero-order chi connectivity index (χ0) is 10.3. The molecule has 0 bridgehead atoms. The zero-order valence-electron chi connectivity index (χ0n) is 6.77. The fraction of sp³-hybridized carbons (Fsp3) is 0. The smallest absolute Gasteiger partial charge is 0.252 e. The number of rotatable bonds is 0. The van der Waals surface area contributed by atoms with Gasteiger partial charge in [-0.3, -0.25) is 0 Å². The molecule has 0 aliphatic carbocycles. The van der Waals surface area contributed by atoms with E-state index in [1.165, 1.54) is 0 Å². The van der Waals surface area contributed by atoms with E-state index in [2.05, 4.69) is 4.99 Å². The number of hydrogen-bond acceptors (Lipinski definition) is 4. The zero-order valence-corrected chi connectivity index (χ0v) is 9.16. The normalized spacial score (nSPS) is 18.9. The SMILES string of the molecule is NC1=Nc2ccc(Cl)cc2S1=S(=O)=O. The standard InChI is InChI=1S/C7H5ClN2O2S2/c8-4-1-2-5-6(3-4)13(14(11)12)7(9)10-5/h1-3H,(H2,9,10). The average Bonchev–Trinajstić information content (AvgIpc) is 2.40. The van der Waals surface area contributed by atoms with Crippen LogP contribution in [0.1, 0.15) is 0 Å². The van der Waals surface area contributed by atoms with Crippen LogP contribution in [-0.2, 0) is 18.7 Å². The van der Waals surface area contributed by atoms with Crippen molar-refractivity contribution in [1.82, 2.24) is 0 Å². The van der Waals surface area contributed by atoms with E-state index < -0.39 is 18.7 Å². The molecule has 1 atom stereocenters. The van der Waals surface area contributed by atoms with Gasteiger partial charge in [0.05, 0.1) is 10.6 Å². The first kappa shape index (κ1) is 9.70. The van der Waals surface area contributed by atoms with Gasteiger partial charge in [0.1, 0.15) is 0 Å². The van der Waals surface area contributed by atoms with Crippen LogP contribution in [0.2, 0.25) is 5.02 Å². The molecule has 2 rings (SSSR count). The highest BCUT2D eigenvalue weighted by molar-refractivity contribution is 8.41. The van der Waals surface area contributed by atoms with Gasteiger partial charge in [0.15, 0.2) is 5.17 Å². The minimum Gasteiger partial charge on any atom is -0.378 e. The van der Waals surface area contributed by atoms with Gasteiger partial charge in [-0.25, -0.2) is 4.99 Å². The van der Waals surface area contributed by atoms with E-state index in [1.54, 1.807) is 18.2 Å². The van der Waals surface area contributed by atoms with Crippen molar-refractivity contribution in [3.8, 4) is 0 Å². The lowest BCUT2D eigenvalue weighted by Gasteiger charge is -1.96. The molecule has 74 valence electrons. The average molecular weight is 249 g/mol. The summed E-state index contributed by atoms with van der Waals surface area (Å²) in [4.78, 5) is 4.52. The van der Waals surface area contributed by atoms with Crippen molar-refractivity contribution in [2.45, 2.75) is 4.90 Å². The van der Waals surface area contributed by atoms with Crippen LogP contribution >= 0.6 is 11.6 Å². The summed E-state index contributed by atoms with van der Waals surface area (Å²) in [5.41, 5.74) is 6.09. The summed E-state index contributed by atoms with van der Waals surface area (Å²) in [6.45, 7) is 0. The number of nitrogens with two attached hydrogens (primary N) is 1. The molecule has 1 aromatic rings. The molecule has 1 aliphatic rings. The second kappa shape index (κ2) is 3.38. The third-order valence-electron chi connectivity index (χ3n) is 1.68. The van der Waals surface area contributed by atoms with E-state index in [0.29, 0.717) is 15.6 Å². The van der Waals surface area contributed by atoms with Gasteiger partial charge in [-0.2, -0.15) is 8.42 Å². The van der Waals surface area contributed by atoms with Crippen LogP contribution < -0.4 is 5.73 Å². The summed E-state index contributed by atoms with van der Waals surface area (Å²) in [6, 6.07) is 4.89. The first-order valence-corrected chi connectivity index (χ1v) is 6.77. The molecule has 2 N–H and O–H groups in total. The lowest BCUT2D eigenvalue weighted by atomic mass is 10.3. The predicted molar refractivity (Wildman–Crippen MR) is 57.3 cm³/mol. The quantitative estimate of drug-likeness (QED) is 0.747. The number of nitrogens with zero attached hydrogens (tertiary/aromatic N) is 1. The van der Waals surface area contributed by atoms with E-state index in [9.17, 15) is 8.42 Å². The molecule has 0 amide bonds. The fourth-order valence-corrected chi connectivity index (χ4v) is 3.98. The summed E-state index contributed by atoms with van der Waals surface area (Å²) < 4.78 is 21.8. The summed E-state index contributed by atoms with van der Waals surface area (Å²) in [7, 11) is -3.43. The molecule has 0 fully saturated rings. The number of amidine groups is 1. The molecule has 1 heterocycles. The second-order valence-electron chi connectivity index (χ2n) is 2.53. The van der Waals surface area contributed by atoms with E-state index in [4.69, 9.17) is 17.3 Å². The number of hydrogen-bond donors (Lipinski definition) is 1. The Balaban J connectivity index is 2.82. The van der Waals surface area contributed by atoms with Crippen molar-refractivity contribution >= 4 is 41.2 Å². The van der Waals surface area contributed by atoms with Gasteiger partial charge in [-0.15, -0.1) is 0 Å². The third kappa shape index (κ3) is 1.45. The van der Waals surface area contributed by atoms with Gasteiger partial charge in [-0.05, 0) is 18.2 Å². The minimum atomic E-state index is -2.28. The van der Waals surface area contributed by atoms with Crippen LogP contribution in [0.5, 0.6) is 0 Å². The summed E-state index contributed by atoms with van der Waals surface area (Å²) in [6.07, 6.45) is 0. The molecule has 0 saturated carbocycles. The molecule has 4 nitrogen and oxygen atoms in total. The van der Waals surface area contributed by atoms with E-state index >= 15 is 0 Å². The van der Waals surface area contributed by atoms with E-state index in [-0.39, 0.29) is 5.17 Å². The molecule has 0 radical (unpaired) electrons. The van der Waals surface area contributed by atoms with E-state index in [1.807, 2.05) is 0 Å². The maximum atomic E-state index is 10.9. The van der Waals surface area contributed by atoms with E-state index in [0.717, 1.165) is 0 Å². The van der Waals surface area contributed by atoms with Gasteiger partial charge in [-0.1, -0.05) is 11.6 Å². The van der Waals surface area contributed by atoms with Crippen molar-refractivity contribution in [3.63, 3.8) is 0 Å². The molecule has 7 heteroatoms. The Hall–Kier alpha value is -0.850. The van der Waals surface area contributed by atoms with Gasteiger partial charge >= 0.3 is 0 Å². The Kier molecular flexibility index (Phi) is 2.34. The highest BCUT2D eigenvalue weighted by Gasteiger charge is 2.20. The molecular weight excluding hydrogens is 244 g/mol. The van der Waals surface area contributed by atoms with Gasteiger partial charge in [0.2, 0.25) is 0 Å². The largest absolute Gasteiger partial charge is 0.378 e. The predicted octanol–water partition coefficient (Wildman–Crippen LogP) is 1.07. The van der Waals surface area contributed by atoms with Crippen LogP contribution in [0, 0.1) is 0 Å². The monoisotopic (exact) mass is 248 g/mol. The van der Waals surface area contributed by atoms with Crippen molar-refractivity contribution in [3.05, 3.63) is 23.2 Å². The van der Waals surface area contributed by atoms with Gasteiger partial charge in [0.25, 0.3) is 9.26 Å². The third-order valence-corrected chi connectivity index (χ3v) is 5.25. The molecule has 1 aromatic carbocycles. The number of halogens is 1. The van der Waals surface area contributed by atoms with Crippen LogP contribution in [0.15, 0.2) is 28.1 Å². The second-order valence-corrected chi connectivity index (χ2v) is 6.59. The molecule has 0 aromatic heterocycles. The van der Waals surface area contributed by atoms with Crippen LogP contribution in [0.25, 0.3) is 0 Å². The van der Waals surface area contributed by atoms with Crippen LogP contribution in [-0.4, -0.2) is 13.6 Å². The molecular formula is C7H5ClN2O2S2. The molecule has 14 heavy (non-hydrogen) atoms. The lowest BCUT2D eigenvalue weighted by Crippen LogP contribution is -2.14. The molecule has 1 aliphatic heterocycles. The number of benzene rings is 1. The highest BCUT2D eigenvalue weighted by atomic mass is 35.5. The first-order chi connectivity index (χ1) is 6.59. The number of aliphatic imine (C=N–C) groups is 1. The maximum absolute atomic E-state index is 10.9. The highest BCUT2D eigenvalue weighted by Crippen LogP contribution is 2.31. The van der Waals surface area contributed by atoms with Crippen molar-refractivity contribution in [2.24, 2.45) is 10.7 Å². The maximum Gasteiger partial charge on any atom is 0.252 e.